The van der Waals surface area contributed by atoms with Crippen molar-refractivity contribution < 1.29 is 9.47 Å². The first-order chi connectivity index (χ1) is 16.0. The lowest BCUT2D eigenvalue weighted by molar-refractivity contribution is 0.240. The van der Waals surface area contributed by atoms with Crippen molar-refractivity contribution in [3.05, 3.63) is 63.9 Å². The summed E-state index contributed by atoms with van der Waals surface area (Å²) in [4.78, 5) is 18.2. The van der Waals surface area contributed by atoms with Crippen molar-refractivity contribution >= 4 is 33.9 Å². The van der Waals surface area contributed by atoms with Gasteiger partial charge in [-0.3, -0.25) is 4.79 Å². The maximum atomic E-state index is 13.0. The standard InChI is InChI=1S/C26H31N3O3S/c1-17-8-7-9-20(12-17)27-26(33)29(21-10-5-4-6-11-21)16-19-13-18-14-23(31-2)24(32-3)15-22(18)28-25(19)30/h7-9,12-15,21H,4-6,10-11,16H2,1-3H3,(H,27,33)(H,28,30). The fraction of sp³-hybridized carbons (Fsp3) is 0.385. The molecule has 6 nitrogen and oxygen atoms in total. The van der Waals surface area contributed by atoms with Crippen LogP contribution in [0, 0.1) is 6.92 Å². The summed E-state index contributed by atoms with van der Waals surface area (Å²) < 4.78 is 10.8. The minimum absolute atomic E-state index is 0.117. The second-order valence-corrected chi connectivity index (χ2v) is 9.02. The summed E-state index contributed by atoms with van der Waals surface area (Å²) >= 11 is 5.86. The van der Waals surface area contributed by atoms with Gasteiger partial charge >= 0.3 is 0 Å². The lowest BCUT2D eigenvalue weighted by Crippen LogP contribution is -2.44. The zero-order valence-electron chi connectivity index (χ0n) is 19.4. The number of benzene rings is 2. The number of ether oxygens (including phenoxy) is 2. The maximum absolute atomic E-state index is 13.0. The van der Waals surface area contributed by atoms with Crippen LogP contribution >= 0.6 is 12.2 Å². The third-order valence-corrected chi connectivity index (χ3v) is 6.65. The van der Waals surface area contributed by atoms with E-state index in [0.29, 0.717) is 40.3 Å². The highest BCUT2D eigenvalue weighted by Crippen LogP contribution is 2.31. The summed E-state index contributed by atoms with van der Waals surface area (Å²) in [7, 11) is 3.19. The molecule has 4 rings (SSSR count). The Bertz CT molecular complexity index is 1200. The summed E-state index contributed by atoms with van der Waals surface area (Å²) in [5, 5.41) is 4.94. The van der Waals surface area contributed by atoms with E-state index >= 15 is 0 Å². The molecule has 1 fully saturated rings. The van der Waals surface area contributed by atoms with E-state index in [1.54, 1.807) is 20.3 Å². The molecule has 0 spiro atoms. The van der Waals surface area contributed by atoms with E-state index in [9.17, 15) is 4.79 Å². The molecule has 1 aliphatic rings. The van der Waals surface area contributed by atoms with Gasteiger partial charge in [0.15, 0.2) is 16.6 Å². The van der Waals surface area contributed by atoms with Gasteiger partial charge in [-0.05, 0) is 61.8 Å². The molecular weight excluding hydrogens is 434 g/mol. The number of nitrogens with one attached hydrogen (secondary N) is 2. The molecule has 33 heavy (non-hydrogen) atoms. The van der Waals surface area contributed by atoms with Gasteiger partial charge in [0.1, 0.15) is 0 Å². The average Bonchev–Trinajstić information content (AvgIpc) is 2.82. The molecule has 1 saturated carbocycles. The van der Waals surface area contributed by atoms with Crippen LogP contribution in [0.3, 0.4) is 0 Å². The van der Waals surface area contributed by atoms with Crippen molar-refractivity contribution in [2.24, 2.45) is 0 Å². The predicted octanol–water partition coefficient (Wildman–Crippen LogP) is 5.39. The van der Waals surface area contributed by atoms with Gasteiger partial charge in [-0.2, -0.15) is 0 Å². The number of fused-ring (bicyclic) bond motifs is 1. The Labute approximate surface area is 199 Å². The lowest BCUT2D eigenvalue weighted by atomic mass is 9.94. The van der Waals surface area contributed by atoms with Crippen LogP contribution < -0.4 is 20.3 Å². The van der Waals surface area contributed by atoms with Crippen LogP contribution in [0.2, 0.25) is 0 Å². The first-order valence-electron chi connectivity index (χ1n) is 11.4. The first kappa shape index (κ1) is 23.1. The van der Waals surface area contributed by atoms with Gasteiger partial charge in [0.25, 0.3) is 5.56 Å². The molecule has 1 aliphatic carbocycles. The van der Waals surface area contributed by atoms with Crippen LogP contribution in [-0.2, 0) is 6.54 Å². The quantitative estimate of drug-likeness (QED) is 0.476. The zero-order chi connectivity index (χ0) is 23.4. The van der Waals surface area contributed by atoms with Gasteiger partial charge in [-0.15, -0.1) is 0 Å². The van der Waals surface area contributed by atoms with Crippen molar-refractivity contribution in [1.29, 1.82) is 0 Å². The number of pyridine rings is 1. The Balaban J connectivity index is 1.66. The molecule has 0 bridgehead atoms. The number of rotatable bonds is 6. The van der Waals surface area contributed by atoms with E-state index in [1.165, 1.54) is 24.8 Å². The van der Waals surface area contributed by atoms with Crippen LogP contribution in [0.25, 0.3) is 10.9 Å². The van der Waals surface area contributed by atoms with E-state index in [4.69, 9.17) is 21.7 Å². The number of aromatic amines is 1. The normalized spacial score (nSPS) is 14.2. The van der Waals surface area contributed by atoms with E-state index in [1.807, 2.05) is 24.3 Å². The van der Waals surface area contributed by atoms with E-state index in [2.05, 4.69) is 34.3 Å². The zero-order valence-corrected chi connectivity index (χ0v) is 20.3. The monoisotopic (exact) mass is 465 g/mol. The molecule has 2 N–H and O–H groups in total. The predicted molar refractivity (Wildman–Crippen MR) is 137 cm³/mol. The molecule has 0 radical (unpaired) electrons. The fourth-order valence-electron chi connectivity index (χ4n) is 4.56. The van der Waals surface area contributed by atoms with Crippen molar-refractivity contribution in [3.63, 3.8) is 0 Å². The molecule has 1 aromatic heterocycles. The number of thiocarbonyl (C=S) groups is 1. The largest absolute Gasteiger partial charge is 0.493 e. The number of aryl methyl sites for hydroxylation is 1. The lowest BCUT2D eigenvalue weighted by Gasteiger charge is -2.36. The van der Waals surface area contributed by atoms with Gasteiger partial charge < -0.3 is 24.7 Å². The summed E-state index contributed by atoms with van der Waals surface area (Å²) in [5.41, 5.74) is 3.40. The third kappa shape index (κ3) is 5.30. The molecule has 0 unspecified atom stereocenters. The van der Waals surface area contributed by atoms with E-state index < -0.39 is 0 Å². The van der Waals surface area contributed by atoms with E-state index in [0.717, 1.165) is 23.9 Å². The fourth-order valence-corrected chi connectivity index (χ4v) is 4.89. The average molecular weight is 466 g/mol. The van der Waals surface area contributed by atoms with Gasteiger partial charge in [-0.1, -0.05) is 31.4 Å². The number of anilines is 1. The second-order valence-electron chi connectivity index (χ2n) is 8.64. The molecule has 3 aromatic rings. The van der Waals surface area contributed by atoms with Crippen LogP contribution in [0.1, 0.15) is 43.2 Å². The molecule has 0 saturated heterocycles. The van der Waals surface area contributed by atoms with Crippen LogP contribution in [0.5, 0.6) is 11.5 Å². The Morgan fingerprint density at radius 3 is 2.52 bits per heavy atom. The molecule has 1 heterocycles. The molecular formula is C26H31N3O3S. The van der Waals surface area contributed by atoms with Gasteiger partial charge in [0.05, 0.1) is 26.3 Å². The summed E-state index contributed by atoms with van der Waals surface area (Å²) in [6.07, 6.45) is 5.76. The SMILES string of the molecule is COc1cc2cc(CN(C(=S)Nc3cccc(C)c3)C3CCCCC3)c(=O)[nH]c2cc1OC. The van der Waals surface area contributed by atoms with Gasteiger partial charge in [0, 0.05) is 28.7 Å². The number of nitrogens with zero attached hydrogens (tertiary/aromatic N) is 1. The minimum Gasteiger partial charge on any atom is -0.493 e. The Hall–Kier alpha value is -3.06. The van der Waals surface area contributed by atoms with Gasteiger partial charge in [-0.25, -0.2) is 0 Å². The second kappa shape index (κ2) is 10.3. The number of methoxy groups -OCH3 is 2. The Morgan fingerprint density at radius 2 is 1.82 bits per heavy atom. The van der Waals surface area contributed by atoms with Crippen molar-refractivity contribution in [1.82, 2.24) is 9.88 Å². The van der Waals surface area contributed by atoms with Crippen molar-refractivity contribution in [3.8, 4) is 11.5 Å². The number of aromatic nitrogens is 1. The summed E-state index contributed by atoms with van der Waals surface area (Å²) in [6, 6.07) is 14.1. The Morgan fingerprint density at radius 1 is 1.09 bits per heavy atom. The number of hydrogen-bond donors (Lipinski definition) is 2. The molecule has 174 valence electrons. The molecule has 7 heteroatoms. The molecule has 0 atom stereocenters. The number of H-pyrrole nitrogens is 1. The molecule has 0 amide bonds. The van der Waals surface area contributed by atoms with Gasteiger partial charge in [0.2, 0.25) is 0 Å². The van der Waals surface area contributed by atoms with Crippen LogP contribution in [0.15, 0.2) is 47.3 Å². The van der Waals surface area contributed by atoms with Crippen molar-refractivity contribution in [2.45, 2.75) is 51.6 Å². The highest BCUT2D eigenvalue weighted by atomic mass is 32.1. The molecule has 0 aliphatic heterocycles. The molecule has 2 aromatic carbocycles. The van der Waals surface area contributed by atoms with Crippen molar-refractivity contribution in [2.75, 3.05) is 19.5 Å². The van der Waals surface area contributed by atoms with E-state index in [-0.39, 0.29) is 5.56 Å². The maximum Gasteiger partial charge on any atom is 0.253 e. The Kier molecular flexibility index (Phi) is 7.18. The van der Waals surface area contributed by atoms with Crippen LogP contribution in [-0.4, -0.2) is 35.3 Å². The minimum atomic E-state index is -0.117. The highest BCUT2D eigenvalue weighted by molar-refractivity contribution is 7.80. The summed E-state index contributed by atoms with van der Waals surface area (Å²) in [5.74, 6) is 1.21. The first-order valence-corrected chi connectivity index (χ1v) is 11.8. The highest BCUT2D eigenvalue weighted by Gasteiger charge is 2.25. The third-order valence-electron chi connectivity index (χ3n) is 6.31. The number of hydrogen-bond acceptors (Lipinski definition) is 4. The summed E-state index contributed by atoms with van der Waals surface area (Å²) in [6.45, 7) is 2.51. The topological polar surface area (TPSA) is 66.6 Å². The smallest absolute Gasteiger partial charge is 0.253 e. The van der Waals surface area contributed by atoms with Crippen LogP contribution in [0.4, 0.5) is 5.69 Å².